The lowest BCUT2D eigenvalue weighted by atomic mass is 10.1. The van der Waals surface area contributed by atoms with Gasteiger partial charge in [0.15, 0.2) is 5.65 Å². The number of hydrogen-bond donors (Lipinski definition) is 2. The fraction of sp³-hybridized carbons (Fsp3) is 0.400. The van der Waals surface area contributed by atoms with Crippen LogP contribution in [-0.2, 0) is 11.3 Å². The van der Waals surface area contributed by atoms with Gasteiger partial charge in [0.25, 0.3) is 0 Å². The van der Waals surface area contributed by atoms with Crippen molar-refractivity contribution in [2.75, 3.05) is 44.7 Å². The van der Waals surface area contributed by atoms with Crippen molar-refractivity contribution in [2.45, 2.75) is 13.0 Å². The lowest BCUT2D eigenvalue weighted by molar-refractivity contribution is 0.0378. The molecule has 0 amide bonds. The number of aliphatic hydroxyl groups is 1. The van der Waals surface area contributed by atoms with Crippen LogP contribution in [0.25, 0.3) is 16.8 Å². The van der Waals surface area contributed by atoms with Gasteiger partial charge in [-0.1, -0.05) is 24.3 Å². The fourth-order valence-electron chi connectivity index (χ4n) is 3.36. The third kappa shape index (κ3) is 4.10. The number of fused-ring (bicyclic) bond motifs is 1. The Morgan fingerprint density at radius 3 is 2.70 bits per heavy atom. The van der Waals surface area contributed by atoms with Crippen LogP contribution in [0.15, 0.2) is 42.7 Å². The van der Waals surface area contributed by atoms with Gasteiger partial charge in [-0.05, 0) is 30.2 Å². The van der Waals surface area contributed by atoms with Gasteiger partial charge in [-0.2, -0.15) is 9.61 Å². The minimum Gasteiger partial charge on any atom is -0.392 e. The Morgan fingerprint density at radius 2 is 1.93 bits per heavy atom. The molecule has 2 N–H and O–H groups in total. The van der Waals surface area contributed by atoms with Crippen LogP contribution >= 0.6 is 0 Å². The zero-order valence-electron chi connectivity index (χ0n) is 15.3. The number of hydrogen-bond acceptors (Lipinski definition) is 6. The summed E-state index contributed by atoms with van der Waals surface area (Å²) in [5.74, 6) is 0.945. The highest BCUT2D eigenvalue weighted by atomic mass is 16.5. The number of aliphatic hydroxyl groups excluding tert-OH is 1. The molecule has 0 spiro atoms. The van der Waals surface area contributed by atoms with E-state index in [1.54, 1.807) is 0 Å². The summed E-state index contributed by atoms with van der Waals surface area (Å²) in [5.41, 5.74) is 3.74. The molecule has 1 saturated heterocycles. The summed E-state index contributed by atoms with van der Waals surface area (Å²) in [5, 5.41) is 17.2. The van der Waals surface area contributed by atoms with Gasteiger partial charge in [-0.3, -0.25) is 4.90 Å². The summed E-state index contributed by atoms with van der Waals surface area (Å²) in [7, 11) is 0. The van der Waals surface area contributed by atoms with Crippen molar-refractivity contribution >= 4 is 11.5 Å². The number of aromatic nitrogens is 3. The first-order chi connectivity index (χ1) is 13.3. The van der Waals surface area contributed by atoms with E-state index in [2.05, 4.69) is 20.3 Å². The topological polar surface area (TPSA) is 74.9 Å². The highest BCUT2D eigenvalue weighted by Gasteiger charge is 2.12. The van der Waals surface area contributed by atoms with E-state index in [0.29, 0.717) is 0 Å². The van der Waals surface area contributed by atoms with Crippen LogP contribution < -0.4 is 5.32 Å². The van der Waals surface area contributed by atoms with E-state index in [1.807, 2.05) is 47.2 Å². The summed E-state index contributed by atoms with van der Waals surface area (Å²) in [6.45, 7) is 5.74. The fourth-order valence-corrected chi connectivity index (χ4v) is 3.36. The maximum atomic E-state index is 9.21. The molecular weight excluding hydrogens is 342 g/mol. The molecule has 3 heterocycles. The highest BCUT2D eigenvalue weighted by molar-refractivity contribution is 5.78. The van der Waals surface area contributed by atoms with E-state index in [9.17, 15) is 5.11 Å². The van der Waals surface area contributed by atoms with Crippen molar-refractivity contribution in [1.82, 2.24) is 19.5 Å². The molecule has 0 unspecified atom stereocenters. The summed E-state index contributed by atoms with van der Waals surface area (Å²) in [4.78, 5) is 6.95. The normalized spacial score (nSPS) is 15.3. The number of rotatable bonds is 7. The Morgan fingerprint density at radius 1 is 1.11 bits per heavy atom. The number of morpholine rings is 1. The predicted molar refractivity (Wildman–Crippen MR) is 105 cm³/mol. The number of nitrogens with one attached hydrogen (secondary N) is 1. The highest BCUT2D eigenvalue weighted by Crippen LogP contribution is 2.25. The standard InChI is InChI=1S/C20H25N5O2/c26-15-16-2-4-17(5-3-16)18-14-23-25-19(6-8-22-20(18)25)21-7-1-9-24-10-12-27-13-11-24/h2-6,8,14,21,26H,1,7,9-13,15H2. The third-order valence-electron chi connectivity index (χ3n) is 4.91. The summed E-state index contributed by atoms with van der Waals surface area (Å²) >= 11 is 0. The van der Waals surface area contributed by atoms with Crippen molar-refractivity contribution in [3.8, 4) is 11.1 Å². The zero-order valence-corrected chi connectivity index (χ0v) is 15.3. The van der Waals surface area contributed by atoms with Crippen LogP contribution in [0, 0.1) is 0 Å². The summed E-state index contributed by atoms with van der Waals surface area (Å²) in [6.07, 6.45) is 4.72. The van der Waals surface area contributed by atoms with Gasteiger partial charge in [-0.25, -0.2) is 4.98 Å². The number of anilines is 1. The largest absolute Gasteiger partial charge is 0.392 e. The molecule has 1 aromatic carbocycles. The van der Waals surface area contributed by atoms with Crippen LogP contribution in [0.1, 0.15) is 12.0 Å². The maximum absolute atomic E-state index is 9.21. The van der Waals surface area contributed by atoms with E-state index in [4.69, 9.17) is 4.74 Å². The molecule has 27 heavy (non-hydrogen) atoms. The molecule has 1 fully saturated rings. The molecule has 4 rings (SSSR count). The van der Waals surface area contributed by atoms with Gasteiger partial charge in [0, 0.05) is 31.4 Å². The molecule has 0 atom stereocenters. The second-order valence-corrected chi connectivity index (χ2v) is 6.71. The van der Waals surface area contributed by atoms with Crippen LogP contribution in [-0.4, -0.2) is 64.0 Å². The van der Waals surface area contributed by atoms with Crippen LogP contribution in [0.2, 0.25) is 0 Å². The molecule has 1 aliphatic rings. The Labute approximate surface area is 158 Å². The molecule has 2 aromatic heterocycles. The van der Waals surface area contributed by atoms with Gasteiger partial charge in [-0.15, -0.1) is 0 Å². The third-order valence-corrected chi connectivity index (χ3v) is 4.91. The molecule has 0 bridgehead atoms. The Bertz CT molecular complexity index is 872. The molecule has 0 saturated carbocycles. The lowest BCUT2D eigenvalue weighted by Gasteiger charge is -2.26. The van der Waals surface area contributed by atoms with Crippen molar-refractivity contribution in [3.63, 3.8) is 0 Å². The monoisotopic (exact) mass is 367 g/mol. The van der Waals surface area contributed by atoms with E-state index < -0.39 is 0 Å². The van der Waals surface area contributed by atoms with E-state index >= 15 is 0 Å². The number of benzene rings is 1. The number of nitrogens with zero attached hydrogens (tertiary/aromatic N) is 4. The molecule has 1 aliphatic heterocycles. The van der Waals surface area contributed by atoms with Gasteiger partial charge in [0.1, 0.15) is 5.82 Å². The average Bonchev–Trinajstić information content (AvgIpc) is 3.17. The first-order valence-corrected chi connectivity index (χ1v) is 9.42. The molecule has 142 valence electrons. The Balaban J connectivity index is 1.43. The molecule has 0 aliphatic carbocycles. The lowest BCUT2D eigenvalue weighted by Crippen LogP contribution is -2.37. The van der Waals surface area contributed by atoms with Crippen molar-refractivity contribution < 1.29 is 9.84 Å². The molecule has 7 nitrogen and oxygen atoms in total. The Kier molecular flexibility index (Phi) is 5.62. The minimum absolute atomic E-state index is 0.0474. The first-order valence-electron chi connectivity index (χ1n) is 9.42. The van der Waals surface area contributed by atoms with E-state index in [1.165, 1.54) is 0 Å². The summed E-state index contributed by atoms with van der Waals surface area (Å²) < 4.78 is 7.24. The molecular formula is C20H25N5O2. The average molecular weight is 367 g/mol. The first kappa shape index (κ1) is 17.9. The predicted octanol–water partition coefficient (Wildman–Crippen LogP) is 2.02. The van der Waals surface area contributed by atoms with E-state index in [0.717, 1.165) is 74.0 Å². The van der Waals surface area contributed by atoms with Crippen LogP contribution in [0.5, 0.6) is 0 Å². The van der Waals surface area contributed by atoms with E-state index in [-0.39, 0.29) is 6.61 Å². The Hall–Kier alpha value is -2.48. The van der Waals surface area contributed by atoms with Gasteiger partial charge >= 0.3 is 0 Å². The SMILES string of the molecule is OCc1ccc(-c2cnn3c(NCCCN4CCOCC4)ccnc23)cc1. The minimum atomic E-state index is 0.0474. The van der Waals surface area contributed by atoms with Gasteiger partial charge in [0.05, 0.1) is 26.0 Å². The quantitative estimate of drug-likeness (QED) is 0.623. The van der Waals surface area contributed by atoms with Crippen molar-refractivity contribution in [1.29, 1.82) is 0 Å². The second kappa shape index (κ2) is 8.47. The van der Waals surface area contributed by atoms with Crippen molar-refractivity contribution in [3.05, 3.63) is 48.3 Å². The smallest absolute Gasteiger partial charge is 0.165 e. The van der Waals surface area contributed by atoms with Gasteiger partial charge in [0.2, 0.25) is 0 Å². The number of ether oxygens (including phenoxy) is 1. The zero-order chi connectivity index (χ0) is 18.5. The molecule has 7 heteroatoms. The van der Waals surface area contributed by atoms with Crippen LogP contribution in [0.3, 0.4) is 0 Å². The molecule has 0 radical (unpaired) electrons. The van der Waals surface area contributed by atoms with Crippen molar-refractivity contribution in [2.24, 2.45) is 0 Å². The van der Waals surface area contributed by atoms with Crippen LogP contribution in [0.4, 0.5) is 5.82 Å². The molecule has 3 aromatic rings. The van der Waals surface area contributed by atoms with Gasteiger partial charge < -0.3 is 15.2 Å². The summed E-state index contributed by atoms with van der Waals surface area (Å²) in [6, 6.07) is 9.78. The second-order valence-electron chi connectivity index (χ2n) is 6.71. The maximum Gasteiger partial charge on any atom is 0.165 e.